The Morgan fingerprint density at radius 1 is 1.56 bits per heavy atom. The molecule has 18 heavy (non-hydrogen) atoms. The van der Waals surface area contributed by atoms with E-state index in [1.54, 1.807) is 11.3 Å². The van der Waals surface area contributed by atoms with Crippen LogP contribution in [0.4, 0.5) is 0 Å². The van der Waals surface area contributed by atoms with Gasteiger partial charge in [0.15, 0.2) is 0 Å². The van der Waals surface area contributed by atoms with Crippen LogP contribution in [-0.4, -0.2) is 21.0 Å². The first-order chi connectivity index (χ1) is 8.66. The van der Waals surface area contributed by atoms with Crippen LogP contribution in [0.2, 0.25) is 5.15 Å². The maximum absolute atomic E-state index is 11.0. The van der Waals surface area contributed by atoms with Crippen LogP contribution in [0, 0.1) is 0 Å². The minimum atomic E-state index is -0.764. The molecular formula is C12H11ClN2O2S. The number of thiophene rings is 1. The van der Waals surface area contributed by atoms with Gasteiger partial charge in [0, 0.05) is 4.88 Å². The van der Waals surface area contributed by atoms with Crippen molar-refractivity contribution in [3.63, 3.8) is 0 Å². The van der Waals surface area contributed by atoms with Crippen molar-refractivity contribution >= 4 is 39.1 Å². The molecule has 0 bridgehead atoms. The summed E-state index contributed by atoms with van der Waals surface area (Å²) in [6.07, 6.45) is 4.53. The molecule has 2 aromatic heterocycles. The van der Waals surface area contributed by atoms with Gasteiger partial charge in [-0.1, -0.05) is 11.6 Å². The average Bonchev–Trinajstić information content (AvgIpc) is 2.69. The smallest absolute Gasteiger partial charge is 0.303 e. The number of hydrogen-bond donors (Lipinski definition) is 1. The first-order valence-corrected chi connectivity index (χ1v) is 7.00. The van der Waals surface area contributed by atoms with Crippen LogP contribution in [0.25, 0.3) is 10.2 Å². The fraction of sp³-hybridized carbons (Fsp3) is 0.417. The average molecular weight is 283 g/mol. The highest BCUT2D eigenvalue weighted by atomic mass is 35.5. The Morgan fingerprint density at radius 3 is 3.17 bits per heavy atom. The van der Waals surface area contributed by atoms with Gasteiger partial charge in [-0.3, -0.25) is 4.79 Å². The number of aliphatic carboxylic acids is 1. The molecule has 0 amide bonds. The van der Waals surface area contributed by atoms with Crippen molar-refractivity contribution in [3.05, 3.63) is 21.9 Å². The SMILES string of the molecule is O=C(O)C[C@@H]1CCCc2sc3ncnc(Cl)c3c21. The Hall–Kier alpha value is -1.20. The largest absolute Gasteiger partial charge is 0.481 e. The number of rotatable bonds is 2. The van der Waals surface area contributed by atoms with Gasteiger partial charge in [0.05, 0.1) is 11.8 Å². The highest BCUT2D eigenvalue weighted by Gasteiger charge is 2.28. The van der Waals surface area contributed by atoms with Crippen molar-refractivity contribution in [1.29, 1.82) is 0 Å². The lowest BCUT2D eigenvalue weighted by atomic mass is 9.84. The summed E-state index contributed by atoms with van der Waals surface area (Å²) in [4.78, 5) is 21.3. The van der Waals surface area contributed by atoms with Gasteiger partial charge in [-0.2, -0.15) is 0 Å². The maximum atomic E-state index is 11.0. The Balaban J connectivity index is 2.20. The summed E-state index contributed by atoms with van der Waals surface area (Å²) in [6.45, 7) is 0. The maximum Gasteiger partial charge on any atom is 0.303 e. The Kier molecular flexibility index (Phi) is 2.95. The molecule has 1 aliphatic rings. The molecule has 0 aliphatic heterocycles. The minimum Gasteiger partial charge on any atom is -0.481 e. The lowest BCUT2D eigenvalue weighted by Gasteiger charge is -2.21. The summed E-state index contributed by atoms with van der Waals surface area (Å²) in [6, 6.07) is 0. The van der Waals surface area contributed by atoms with E-state index in [0.717, 1.165) is 35.0 Å². The van der Waals surface area contributed by atoms with E-state index in [1.165, 1.54) is 11.2 Å². The zero-order valence-corrected chi connectivity index (χ0v) is 11.1. The molecule has 1 aliphatic carbocycles. The molecule has 1 atom stereocenters. The van der Waals surface area contributed by atoms with Gasteiger partial charge in [-0.05, 0) is 30.7 Å². The quantitative estimate of drug-likeness (QED) is 0.859. The van der Waals surface area contributed by atoms with Crippen LogP contribution >= 0.6 is 22.9 Å². The Bertz CT molecular complexity index is 626. The van der Waals surface area contributed by atoms with Crippen molar-refractivity contribution < 1.29 is 9.90 Å². The number of aryl methyl sites for hydroxylation is 1. The molecule has 0 radical (unpaired) electrons. The number of carbonyl (C=O) groups is 1. The van der Waals surface area contributed by atoms with E-state index in [4.69, 9.17) is 16.7 Å². The molecule has 0 unspecified atom stereocenters. The first kappa shape index (κ1) is 11.9. The fourth-order valence-electron chi connectivity index (χ4n) is 2.65. The van der Waals surface area contributed by atoms with E-state index in [2.05, 4.69) is 9.97 Å². The van der Waals surface area contributed by atoms with E-state index >= 15 is 0 Å². The summed E-state index contributed by atoms with van der Waals surface area (Å²) in [5, 5.41) is 10.3. The molecule has 0 spiro atoms. The minimum absolute atomic E-state index is 0.0449. The van der Waals surface area contributed by atoms with Gasteiger partial charge in [0.25, 0.3) is 0 Å². The van der Waals surface area contributed by atoms with Gasteiger partial charge >= 0.3 is 5.97 Å². The van der Waals surface area contributed by atoms with Gasteiger partial charge in [-0.25, -0.2) is 9.97 Å². The lowest BCUT2D eigenvalue weighted by Crippen LogP contribution is -2.12. The van der Waals surface area contributed by atoms with Crippen LogP contribution in [0.5, 0.6) is 0 Å². The zero-order chi connectivity index (χ0) is 12.7. The second kappa shape index (κ2) is 4.48. The molecule has 0 saturated carbocycles. The summed E-state index contributed by atoms with van der Waals surface area (Å²) in [7, 11) is 0. The number of nitrogens with zero attached hydrogens (tertiary/aromatic N) is 2. The zero-order valence-electron chi connectivity index (χ0n) is 9.52. The second-order valence-corrected chi connectivity index (χ2v) is 5.91. The number of carboxylic acids is 1. The molecule has 4 nitrogen and oxygen atoms in total. The molecule has 0 fully saturated rings. The number of hydrogen-bond acceptors (Lipinski definition) is 4. The summed E-state index contributed by atoms with van der Waals surface area (Å²) < 4.78 is 0. The van der Waals surface area contributed by atoms with E-state index in [9.17, 15) is 4.79 Å². The molecule has 2 heterocycles. The molecule has 6 heteroatoms. The van der Waals surface area contributed by atoms with E-state index < -0.39 is 5.97 Å². The van der Waals surface area contributed by atoms with Crippen LogP contribution in [0.15, 0.2) is 6.33 Å². The van der Waals surface area contributed by atoms with Gasteiger partial charge < -0.3 is 5.11 Å². The fourth-order valence-corrected chi connectivity index (χ4v) is 4.21. The molecule has 0 saturated heterocycles. The predicted octanol–water partition coefficient (Wildman–Crippen LogP) is 3.24. The normalized spacial score (nSPS) is 18.8. The molecule has 0 aromatic carbocycles. The predicted molar refractivity (Wildman–Crippen MR) is 70.4 cm³/mol. The van der Waals surface area contributed by atoms with E-state index in [-0.39, 0.29) is 12.3 Å². The van der Waals surface area contributed by atoms with E-state index in [0.29, 0.717) is 5.15 Å². The molecule has 2 aromatic rings. The number of halogens is 1. The van der Waals surface area contributed by atoms with Crippen LogP contribution < -0.4 is 0 Å². The molecule has 3 rings (SSSR count). The second-order valence-electron chi connectivity index (χ2n) is 4.47. The highest BCUT2D eigenvalue weighted by Crippen LogP contribution is 2.44. The number of carboxylic acid groups (broad SMARTS) is 1. The molecular weight excluding hydrogens is 272 g/mol. The van der Waals surface area contributed by atoms with Crippen molar-refractivity contribution in [2.75, 3.05) is 0 Å². The third-order valence-corrected chi connectivity index (χ3v) is 4.80. The monoisotopic (exact) mass is 282 g/mol. The third kappa shape index (κ3) is 1.87. The summed E-state index contributed by atoms with van der Waals surface area (Å²) in [5.41, 5.74) is 1.08. The van der Waals surface area contributed by atoms with Crippen LogP contribution in [0.1, 0.15) is 35.6 Å². The van der Waals surface area contributed by atoms with Gasteiger partial charge in [0.2, 0.25) is 0 Å². The van der Waals surface area contributed by atoms with Crippen LogP contribution in [0.3, 0.4) is 0 Å². The number of aromatic nitrogens is 2. The Labute approximate surface area is 113 Å². The summed E-state index contributed by atoms with van der Waals surface area (Å²) >= 11 is 7.76. The van der Waals surface area contributed by atoms with Crippen LogP contribution in [-0.2, 0) is 11.2 Å². The third-order valence-electron chi connectivity index (χ3n) is 3.34. The van der Waals surface area contributed by atoms with E-state index in [1.807, 2.05) is 0 Å². The lowest BCUT2D eigenvalue weighted by molar-refractivity contribution is -0.137. The first-order valence-electron chi connectivity index (χ1n) is 5.80. The Morgan fingerprint density at radius 2 is 2.39 bits per heavy atom. The number of fused-ring (bicyclic) bond motifs is 3. The summed E-state index contributed by atoms with van der Waals surface area (Å²) in [5.74, 6) is -0.719. The van der Waals surface area contributed by atoms with Gasteiger partial charge in [0.1, 0.15) is 16.3 Å². The molecule has 1 N–H and O–H groups in total. The van der Waals surface area contributed by atoms with Crippen molar-refractivity contribution in [3.8, 4) is 0 Å². The topological polar surface area (TPSA) is 63.1 Å². The van der Waals surface area contributed by atoms with Crippen molar-refractivity contribution in [2.24, 2.45) is 0 Å². The van der Waals surface area contributed by atoms with Crippen molar-refractivity contribution in [1.82, 2.24) is 9.97 Å². The van der Waals surface area contributed by atoms with Gasteiger partial charge in [-0.15, -0.1) is 11.3 Å². The molecule has 94 valence electrons. The standard InChI is InChI=1S/C12H11ClN2O2S/c13-11-10-9-6(4-8(16)17)2-1-3-7(9)18-12(10)15-5-14-11/h5-6H,1-4H2,(H,16,17)/t6-/m0/s1. The highest BCUT2D eigenvalue weighted by molar-refractivity contribution is 7.19. The van der Waals surface area contributed by atoms with Crippen molar-refractivity contribution in [2.45, 2.75) is 31.6 Å².